The number of nitrogens with one attached hydrogen (secondary N) is 1. The first-order chi connectivity index (χ1) is 10.1. The van der Waals surface area contributed by atoms with E-state index in [1.54, 1.807) is 36.8 Å². The van der Waals surface area contributed by atoms with Gasteiger partial charge in [0.15, 0.2) is 5.65 Å². The number of amides is 1. The van der Waals surface area contributed by atoms with Crippen molar-refractivity contribution in [3.63, 3.8) is 0 Å². The molecule has 1 N–H and O–H groups in total. The van der Waals surface area contributed by atoms with Crippen molar-refractivity contribution in [2.24, 2.45) is 0 Å². The van der Waals surface area contributed by atoms with Crippen LogP contribution < -0.4 is 5.32 Å². The Balaban J connectivity index is 1.89. The van der Waals surface area contributed by atoms with Crippen LogP contribution >= 0.6 is 0 Å². The number of fused-ring (bicyclic) bond motifs is 1. The number of hydrogen-bond donors (Lipinski definition) is 1. The van der Waals surface area contributed by atoms with Crippen LogP contribution in [-0.2, 0) is 0 Å². The minimum atomic E-state index is -0.236. The highest BCUT2D eigenvalue weighted by Gasteiger charge is 2.12. The molecule has 0 saturated carbocycles. The van der Waals surface area contributed by atoms with Crippen LogP contribution in [0.15, 0.2) is 42.9 Å². The normalized spacial score (nSPS) is 11.0. The Morgan fingerprint density at radius 3 is 2.81 bits per heavy atom. The van der Waals surface area contributed by atoms with E-state index in [1.807, 2.05) is 24.6 Å². The molecule has 0 bridgehead atoms. The highest BCUT2D eigenvalue weighted by molar-refractivity contribution is 6.05. The maximum atomic E-state index is 12.2. The van der Waals surface area contributed by atoms with E-state index in [0.29, 0.717) is 11.4 Å². The first kappa shape index (κ1) is 13.2. The first-order valence-electron chi connectivity index (χ1n) is 6.71. The molecule has 21 heavy (non-hydrogen) atoms. The zero-order valence-electron chi connectivity index (χ0n) is 11.8. The lowest BCUT2D eigenvalue weighted by molar-refractivity contribution is 0.102. The van der Waals surface area contributed by atoms with Crippen LogP contribution in [-0.4, -0.2) is 25.7 Å². The number of carbonyl (C=O) groups excluding carboxylic acids is 1. The molecule has 0 atom stereocenters. The second-order valence-corrected chi connectivity index (χ2v) is 4.99. The summed E-state index contributed by atoms with van der Waals surface area (Å²) >= 11 is 0. The van der Waals surface area contributed by atoms with Gasteiger partial charge >= 0.3 is 0 Å². The molecule has 0 fully saturated rings. The number of anilines is 1. The average molecular weight is 281 g/mol. The van der Waals surface area contributed by atoms with Gasteiger partial charge in [0.1, 0.15) is 5.82 Å². The molecule has 0 spiro atoms. The average Bonchev–Trinajstić information content (AvgIpc) is 2.91. The summed E-state index contributed by atoms with van der Waals surface area (Å²) in [4.78, 5) is 20.6. The lowest BCUT2D eigenvalue weighted by atomic mass is 10.2. The van der Waals surface area contributed by atoms with Gasteiger partial charge in [0, 0.05) is 23.8 Å². The summed E-state index contributed by atoms with van der Waals surface area (Å²) in [5, 5.41) is 7.87. The summed E-state index contributed by atoms with van der Waals surface area (Å²) in [5.41, 5.74) is 1.26. The second kappa shape index (κ2) is 5.32. The molecule has 0 unspecified atom stereocenters. The molecule has 3 heterocycles. The summed E-state index contributed by atoms with van der Waals surface area (Å²) in [6.45, 7) is 4.08. The third-order valence-electron chi connectivity index (χ3n) is 3.09. The van der Waals surface area contributed by atoms with E-state index in [-0.39, 0.29) is 11.9 Å². The molecule has 0 aliphatic carbocycles. The SMILES string of the molecule is CC(C)n1ncc2cc(C(=O)Nc3ccccn3)cnc21. The molecule has 0 aromatic carbocycles. The number of aromatic nitrogens is 4. The highest BCUT2D eigenvalue weighted by atomic mass is 16.1. The molecule has 3 aromatic heterocycles. The summed E-state index contributed by atoms with van der Waals surface area (Å²) in [5.74, 6) is 0.279. The number of nitrogens with zero attached hydrogens (tertiary/aromatic N) is 4. The molecule has 3 aromatic rings. The quantitative estimate of drug-likeness (QED) is 0.801. The van der Waals surface area contributed by atoms with Gasteiger partial charge in [-0.3, -0.25) is 4.79 Å². The van der Waals surface area contributed by atoms with E-state index in [1.165, 1.54) is 0 Å². The predicted octanol–water partition coefficient (Wildman–Crippen LogP) is 2.66. The van der Waals surface area contributed by atoms with E-state index in [4.69, 9.17) is 0 Å². The molecule has 106 valence electrons. The summed E-state index contributed by atoms with van der Waals surface area (Å²) in [6, 6.07) is 7.36. The number of rotatable bonds is 3. The third kappa shape index (κ3) is 2.60. The van der Waals surface area contributed by atoms with E-state index in [9.17, 15) is 4.79 Å². The first-order valence-corrected chi connectivity index (χ1v) is 6.71. The fourth-order valence-electron chi connectivity index (χ4n) is 2.07. The van der Waals surface area contributed by atoms with Crippen LogP contribution in [0.25, 0.3) is 11.0 Å². The standard InChI is InChI=1S/C15H15N5O/c1-10(2)20-14-11(9-18-20)7-12(8-17-14)15(21)19-13-5-3-4-6-16-13/h3-10H,1-2H3,(H,16,19,21). The van der Waals surface area contributed by atoms with Gasteiger partial charge < -0.3 is 5.32 Å². The van der Waals surface area contributed by atoms with Crippen LogP contribution in [0.5, 0.6) is 0 Å². The molecule has 1 amide bonds. The molecular formula is C15H15N5O. The zero-order chi connectivity index (χ0) is 14.8. The van der Waals surface area contributed by atoms with Crippen LogP contribution in [0.4, 0.5) is 5.82 Å². The molecular weight excluding hydrogens is 266 g/mol. The Bertz CT molecular complexity index is 779. The van der Waals surface area contributed by atoms with Gasteiger partial charge in [0.25, 0.3) is 5.91 Å². The van der Waals surface area contributed by atoms with Crippen molar-refractivity contribution in [1.29, 1.82) is 0 Å². The van der Waals surface area contributed by atoms with Crippen molar-refractivity contribution >= 4 is 22.8 Å². The van der Waals surface area contributed by atoms with Crippen LogP contribution in [0, 0.1) is 0 Å². The highest BCUT2D eigenvalue weighted by Crippen LogP contribution is 2.17. The van der Waals surface area contributed by atoms with Crippen molar-refractivity contribution in [2.75, 3.05) is 5.32 Å². The van der Waals surface area contributed by atoms with Crippen LogP contribution in [0.2, 0.25) is 0 Å². The molecule has 0 aliphatic heterocycles. The second-order valence-electron chi connectivity index (χ2n) is 4.99. The third-order valence-corrected chi connectivity index (χ3v) is 3.09. The van der Waals surface area contributed by atoms with Gasteiger partial charge in [0.2, 0.25) is 0 Å². The van der Waals surface area contributed by atoms with Gasteiger partial charge in [-0.15, -0.1) is 0 Å². The van der Waals surface area contributed by atoms with E-state index in [0.717, 1.165) is 11.0 Å². The van der Waals surface area contributed by atoms with E-state index in [2.05, 4.69) is 20.4 Å². The molecule has 0 saturated heterocycles. The van der Waals surface area contributed by atoms with Crippen LogP contribution in [0.1, 0.15) is 30.2 Å². The van der Waals surface area contributed by atoms with Crippen molar-refractivity contribution in [2.45, 2.75) is 19.9 Å². The summed E-state index contributed by atoms with van der Waals surface area (Å²) < 4.78 is 1.83. The van der Waals surface area contributed by atoms with E-state index >= 15 is 0 Å². The lowest BCUT2D eigenvalue weighted by Crippen LogP contribution is -2.13. The van der Waals surface area contributed by atoms with Crippen LogP contribution in [0.3, 0.4) is 0 Å². The molecule has 6 nitrogen and oxygen atoms in total. The predicted molar refractivity (Wildman–Crippen MR) is 80.1 cm³/mol. The molecule has 6 heteroatoms. The van der Waals surface area contributed by atoms with Crippen molar-refractivity contribution in [3.05, 3.63) is 48.4 Å². The molecule has 0 radical (unpaired) electrons. The summed E-state index contributed by atoms with van der Waals surface area (Å²) in [7, 11) is 0. The molecule has 0 aliphatic rings. The maximum Gasteiger partial charge on any atom is 0.258 e. The number of carbonyl (C=O) groups is 1. The minimum Gasteiger partial charge on any atom is -0.307 e. The topological polar surface area (TPSA) is 72.7 Å². The largest absolute Gasteiger partial charge is 0.307 e. The molecule has 3 rings (SSSR count). The Labute approximate surface area is 121 Å². The number of pyridine rings is 2. The zero-order valence-corrected chi connectivity index (χ0v) is 11.8. The van der Waals surface area contributed by atoms with Gasteiger partial charge in [-0.1, -0.05) is 6.07 Å². The number of hydrogen-bond acceptors (Lipinski definition) is 4. The van der Waals surface area contributed by atoms with Crippen molar-refractivity contribution < 1.29 is 4.79 Å². The minimum absolute atomic E-state index is 0.225. The fourth-order valence-corrected chi connectivity index (χ4v) is 2.07. The maximum absolute atomic E-state index is 12.2. The summed E-state index contributed by atoms with van der Waals surface area (Å²) in [6.07, 6.45) is 4.91. The lowest BCUT2D eigenvalue weighted by Gasteiger charge is -2.07. The smallest absolute Gasteiger partial charge is 0.258 e. The van der Waals surface area contributed by atoms with Crippen molar-refractivity contribution in [3.8, 4) is 0 Å². The monoisotopic (exact) mass is 281 g/mol. The Kier molecular flexibility index (Phi) is 3.35. The van der Waals surface area contributed by atoms with Gasteiger partial charge in [-0.2, -0.15) is 5.10 Å². The Morgan fingerprint density at radius 2 is 2.10 bits per heavy atom. The Morgan fingerprint density at radius 1 is 1.24 bits per heavy atom. The Hall–Kier alpha value is -2.76. The van der Waals surface area contributed by atoms with Gasteiger partial charge in [-0.25, -0.2) is 14.6 Å². The van der Waals surface area contributed by atoms with Gasteiger partial charge in [-0.05, 0) is 32.0 Å². The van der Waals surface area contributed by atoms with Gasteiger partial charge in [0.05, 0.1) is 11.8 Å². The fraction of sp³-hybridized carbons (Fsp3) is 0.200. The van der Waals surface area contributed by atoms with E-state index < -0.39 is 0 Å². The van der Waals surface area contributed by atoms with Crippen molar-refractivity contribution in [1.82, 2.24) is 19.7 Å².